The number of β-amino-alcohol motifs (C(OH)–C–C–N with tert-alkyl or cyclic N) is 1. The SMILES string of the molecule is CCCC1(O)CN(Cc2cc(CC)nn2CC)C1. The van der Waals surface area contributed by atoms with Crippen molar-refractivity contribution in [3.05, 3.63) is 17.5 Å². The molecule has 4 nitrogen and oxygen atoms in total. The van der Waals surface area contributed by atoms with Gasteiger partial charge in [-0.05, 0) is 25.8 Å². The van der Waals surface area contributed by atoms with E-state index in [-0.39, 0.29) is 0 Å². The van der Waals surface area contributed by atoms with Crippen LogP contribution in [-0.4, -0.2) is 38.5 Å². The molecule has 1 N–H and O–H groups in total. The molecule has 2 rings (SSSR count). The van der Waals surface area contributed by atoms with Crippen molar-refractivity contribution in [2.24, 2.45) is 0 Å². The summed E-state index contributed by atoms with van der Waals surface area (Å²) in [6.45, 7) is 9.82. The predicted octanol–water partition coefficient (Wildman–Crippen LogP) is 1.81. The molecule has 0 aromatic carbocycles. The van der Waals surface area contributed by atoms with Crippen molar-refractivity contribution in [3.63, 3.8) is 0 Å². The van der Waals surface area contributed by atoms with Crippen LogP contribution >= 0.6 is 0 Å². The van der Waals surface area contributed by atoms with Crippen LogP contribution in [0.25, 0.3) is 0 Å². The fourth-order valence-corrected chi connectivity index (χ4v) is 2.84. The zero-order valence-electron chi connectivity index (χ0n) is 11.8. The molecular formula is C14H25N3O. The number of aromatic nitrogens is 2. The maximum atomic E-state index is 10.2. The van der Waals surface area contributed by atoms with Crippen LogP contribution in [0.15, 0.2) is 6.07 Å². The van der Waals surface area contributed by atoms with Crippen molar-refractivity contribution < 1.29 is 5.11 Å². The summed E-state index contributed by atoms with van der Waals surface area (Å²) < 4.78 is 2.08. The highest BCUT2D eigenvalue weighted by molar-refractivity contribution is 5.12. The van der Waals surface area contributed by atoms with Gasteiger partial charge >= 0.3 is 0 Å². The lowest BCUT2D eigenvalue weighted by molar-refractivity contribution is -0.107. The first kappa shape index (κ1) is 13.6. The second-order valence-corrected chi connectivity index (χ2v) is 5.42. The smallest absolute Gasteiger partial charge is 0.0900 e. The molecule has 102 valence electrons. The first-order valence-corrected chi connectivity index (χ1v) is 7.10. The standard InChI is InChI=1S/C14H25N3O/c1-4-7-14(18)10-16(11-14)9-13-8-12(5-2)15-17(13)6-3/h8,18H,4-7,9-11H2,1-3H3. The Morgan fingerprint density at radius 2 is 2.06 bits per heavy atom. The summed E-state index contributed by atoms with van der Waals surface area (Å²) in [6.07, 6.45) is 2.95. The van der Waals surface area contributed by atoms with Crippen molar-refractivity contribution in [1.29, 1.82) is 0 Å². The first-order chi connectivity index (χ1) is 8.60. The Kier molecular flexibility index (Phi) is 4.07. The van der Waals surface area contributed by atoms with Crippen LogP contribution in [0, 0.1) is 0 Å². The number of likely N-dealkylation sites (tertiary alicyclic amines) is 1. The minimum absolute atomic E-state index is 0.431. The molecule has 18 heavy (non-hydrogen) atoms. The summed E-state index contributed by atoms with van der Waals surface area (Å²) in [4.78, 5) is 2.30. The van der Waals surface area contributed by atoms with Gasteiger partial charge in [0.15, 0.2) is 0 Å². The minimum atomic E-state index is -0.431. The van der Waals surface area contributed by atoms with Crippen molar-refractivity contribution >= 4 is 0 Å². The largest absolute Gasteiger partial charge is 0.387 e. The molecule has 0 unspecified atom stereocenters. The maximum absolute atomic E-state index is 10.2. The van der Waals surface area contributed by atoms with Crippen LogP contribution in [0.1, 0.15) is 45.0 Å². The van der Waals surface area contributed by atoms with Crippen LogP contribution in [0.4, 0.5) is 0 Å². The zero-order valence-corrected chi connectivity index (χ0v) is 11.8. The Morgan fingerprint density at radius 1 is 1.33 bits per heavy atom. The van der Waals surface area contributed by atoms with Crippen molar-refractivity contribution in [2.75, 3.05) is 13.1 Å². The molecule has 0 spiro atoms. The summed E-state index contributed by atoms with van der Waals surface area (Å²) in [5.74, 6) is 0. The van der Waals surface area contributed by atoms with Crippen LogP contribution < -0.4 is 0 Å². The molecule has 1 aliphatic heterocycles. The van der Waals surface area contributed by atoms with E-state index in [1.165, 1.54) is 5.69 Å². The molecule has 1 saturated heterocycles. The van der Waals surface area contributed by atoms with Gasteiger partial charge in [0.05, 0.1) is 17.0 Å². The number of aryl methyl sites for hydroxylation is 2. The first-order valence-electron chi connectivity index (χ1n) is 7.10. The van der Waals surface area contributed by atoms with Gasteiger partial charge in [-0.25, -0.2) is 0 Å². The van der Waals surface area contributed by atoms with Crippen LogP contribution in [0.5, 0.6) is 0 Å². The number of hydrogen-bond donors (Lipinski definition) is 1. The average Bonchev–Trinajstić information content (AvgIpc) is 2.70. The monoisotopic (exact) mass is 251 g/mol. The maximum Gasteiger partial charge on any atom is 0.0900 e. The Balaban J connectivity index is 1.93. The average molecular weight is 251 g/mol. The van der Waals surface area contributed by atoms with Gasteiger partial charge in [0.2, 0.25) is 0 Å². The minimum Gasteiger partial charge on any atom is -0.387 e. The second kappa shape index (κ2) is 5.41. The normalized spacial score (nSPS) is 18.9. The van der Waals surface area contributed by atoms with Crippen LogP contribution in [-0.2, 0) is 19.5 Å². The summed E-state index contributed by atoms with van der Waals surface area (Å²) in [5.41, 5.74) is 2.00. The molecule has 2 heterocycles. The molecule has 0 radical (unpaired) electrons. The van der Waals surface area contributed by atoms with Crippen molar-refractivity contribution in [2.45, 2.75) is 58.7 Å². The lowest BCUT2D eigenvalue weighted by Crippen LogP contribution is -2.61. The quantitative estimate of drug-likeness (QED) is 0.838. The van der Waals surface area contributed by atoms with Gasteiger partial charge in [0.25, 0.3) is 0 Å². The second-order valence-electron chi connectivity index (χ2n) is 5.42. The number of hydrogen-bond acceptors (Lipinski definition) is 3. The van der Waals surface area contributed by atoms with Gasteiger partial charge in [0, 0.05) is 26.2 Å². The highest BCUT2D eigenvalue weighted by atomic mass is 16.3. The van der Waals surface area contributed by atoms with E-state index < -0.39 is 5.60 Å². The van der Waals surface area contributed by atoms with E-state index in [4.69, 9.17) is 0 Å². The van der Waals surface area contributed by atoms with E-state index in [1.54, 1.807) is 0 Å². The van der Waals surface area contributed by atoms with Gasteiger partial charge in [-0.3, -0.25) is 9.58 Å². The topological polar surface area (TPSA) is 41.3 Å². The lowest BCUT2D eigenvalue weighted by atomic mass is 9.89. The Morgan fingerprint density at radius 3 is 2.61 bits per heavy atom. The highest BCUT2D eigenvalue weighted by Gasteiger charge is 2.40. The molecule has 1 aromatic heterocycles. The fourth-order valence-electron chi connectivity index (χ4n) is 2.84. The Bertz CT molecular complexity index is 394. The van der Waals surface area contributed by atoms with Gasteiger partial charge in [0.1, 0.15) is 0 Å². The third-order valence-electron chi connectivity index (χ3n) is 3.71. The van der Waals surface area contributed by atoms with E-state index >= 15 is 0 Å². The summed E-state index contributed by atoms with van der Waals surface area (Å²) in [6, 6.07) is 2.20. The van der Waals surface area contributed by atoms with Crippen molar-refractivity contribution in [1.82, 2.24) is 14.7 Å². The predicted molar refractivity (Wildman–Crippen MR) is 72.4 cm³/mol. The molecule has 0 amide bonds. The Labute approximate surface area is 110 Å². The van der Waals surface area contributed by atoms with Gasteiger partial charge < -0.3 is 5.11 Å². The number of nitrogens with zero attached hydrogens (tertiary/aromatic N) is 3. The van der Waals surface area contributed by atoms with E-state index in [1.807, 2.05) is 0 Å². The highest BCUT2D eigenvalue weighted by Crippen LogP contribution is 2.27. The number of rotatable bonds is 6. The van der Waals surface area contributed by atoms with Gasteiger partial charge in [-0.15, -0.1) is 0 Å². The third-order valence-corrected chi connectivity index (χ3v) is 3.71. The fraction of sp³-hybridized carbons (Fsp3) is 0.786. The van der Waals surface area contributed by atoms with Crippen LogP contribution in [0.3, 0.4) is 0 Å². The molecule has 0 bridgehead atoms. The van der Waals surface area contributed by atoms with Crippen molar-refractivity contribution in [3.8, 4) is 0 Å². The lowest BCUT2D eigenvalue weighted by Gasteiger charge is -2.46. The van der Waals surface area contributed by atoms with Gasteiger partial charge in [-0.1, -0.05) is 20.3 Å². The third kappa shape index (κ3) is 2.75. The molecule has 1 aromatic rings. The molecular weight excluding hydrogens is 226 g/mol. The molecule has 1 fully saturated rings. The van der Waals surface area contributed by atoms with E-state index in [9.17, 15) is 5.11 Å². The summed E-state index contributed by atoms with van der Waals surface area (Å²) in [7, 11) is 0. The summed E-state index contributed by atoms with van der Waals surface area (Å²) >= 11 is 0. The molecule has 0 aliphatic carbocycles. The molecule has 0 atom stereocenters. The molecule has 1 aliphatic rings. The molecule has 4 heteroatoms. The van der Waals surface area contributed by atoms with E-state index in [0.717, 1.165) is 51.1 Å². The molecule has 0 saturated carbocycles. The van der Waals surface area contributed by atoms with Gasteiger partial charge in [-0.2, -0.15) is 5.10 Å². The summed E-state index contributed by atoms with van der Waals surface area (Å²) in [5, 5.41) is 14.7. The zero-order chi connectivity index (χ0) is 13.2. The van der Waals surface area contributed by atoms with E-state index in [2.05, 4.69) is 41.5 Å². The number of aliphatic hydroxyl groups is 1. The Hall–Kier alpha value is -0.870. The van der Waals surface area contributed by atoms with Crippen LogP contribution in [0.2, 0.25) is 0 Å². The van der Waals surface area contributed by atoms with E-state index in [0.29, 0.717) is 0 Å².